The van der Waals surface area contributed by atoms with Gasteiger partial charge in [0.15, 0.2) is 0 Å². The van der Waals surface area contributed by atoms with Gasteiger partial charge in [0, 0.05) is 11.6 Å². The largest absolute Gasteiger partial charge is 0.362 e. The third-order valence-electron chi connectivity index (χ3n) is 3.00. The minimum Gasteiger partial charge on any atom is -0.362 e. The summed E-state index contributed by atoms with van der Waals surface area (Å²) >= 11 is 3.27. The number of rotatable bonds is 3. The van der Waals surface area contributed by atoms with Gasteiger partial charge in [-0.3, -0.25) is 0 Å². The fraction of sp³-hybridized carbons (Fsp3) is 0.154. The highest BCUT2D eigenvalue weighted by molar-refractivity contribution is 9.10. The van der Waals surface area contributed by atoms with Crippen LogP contribution in [-0.4, -0.2) is 25.4 Å². The van der Waals surface area contributed by atoms with E-state index in [1.54, 1.807) is 22.7 Å². The van der Waals surface area contributed by atoms with Crippen LogP contribution in [0.3, 0.4) is 0 Å². The standard InChI is InChI=1S/C13H8BrF2N5/c1-17-11-4-18-10-3-2-8(5-21(10)11)12-13(14)19-7-20(12)6-9(15)16/h2-5,7,9H,6H2. The molecule has 0 amide bonds. The third-order valence-corrected chi connectivity index (χ3v) is 3.58. The second kappa shape index (κ2) is 5.26. The molecule has 0 radical (unpaired) electrons. The van der Waals surface area contributed by atoms with Crippen molar-refractivity contribution >= 4 is 27.4 Å². The van der Waals surface area contributed by atoms with Gasteiger partial charge in [0.05, 0.1) is 31.0 Å². The molecule has 0 fully saturated rings. The van der Waals surface area contributed by atoms with E-state index in [1.807, 2.05) is 0 Å². The zero-order valence-corrected chi connectivity index (χ0v) is 12.1. The summed E-state index contributed by atoms with van der Waals surface area (Å²) in [5, 5.41) is 0. The van der Waals surface area contributed by atoms with Gasteiger partial charge in [-0.1, -0.05) is 6.57 Å². The van der Waals surface area contributed by atoms with Crippen molar-refractivity contribution in [2.24, 2.45) is 0 Å². The Balaban J connectivity index is 2.16. The maximum Gasteiger partial charge on any atom is 0.256 e. The molecule has 3 rings (SSSR count). The van der Waals surface area contributed by atoms with E-state index in [9.17, 15) is 8.78 Å². The molecule has 0 saturated heterocycles. The van der Waals surface area contributed by atoms with Crippen LogP contribution in [0.4, 0.5) is 14.6 Å². The van der Waals surface area contributed by atoms with Gasteiger partial charge in [0.1, 0.15) is 4.60 Å². The van der Waals surface area contributed by atoms with Crippen LogP contribution in [0.25, 0.3) is 21.7 Å². The lowest BCUT2D eigenvalue weighted by Gasteiger charge is -2.08. The molecule has 0 bridgehead atoms. The summed E-state index contributed by atoms with van der Waals surface area (Å²) in [5.41, 5.74) is 1.85. The van der Waals surface area contributed by atoms with Crippen LogP contribution < -0.4 is 0 Å². The van der Waals surface area contributed by atoms with Crippen LogP contribution in [0, 0.1) is 6.57 Å². The fourth-order valence-corrected chi connectivity index (χ4v) is 2.67. The minimum absolute atomic E-state index is 0.364. The summed E-state index contributed by atoms with van der Waals surface area (Å²) < 4.78 is 28.7. The lowest BCUT2D eigenvalue weighted by Crippen LogP contribution is -2.07. The molecule has 106 valence electrons. The summed E-state index contributed by atoms with van der Waals surface area (Å²) in [6, 6.07) is 3.50. The van der Waals surface area contributed by atoms with Crippen LogP contribution in [0.15, 0.2) is 35.5 Å². The van der Waals surface area contributed by atoms with Crippen molar-refractivity contribution in [3.8, 4) is 11.3 Å². The number of aromatic nitrogens is 4. The summed E-state index contributed by atoms with van der Waals surface area (Å²) in [7, 11) is 0. The van der Waals surface area contributed by atoms with E-state index in [1.165, 1.54) is 17.1 Å². The van der Waals surface area contributed by atoms with Crippen LogP contribution in [0.2, 0.25) is 0 Å². The number of imidazole rings is 2. The van der Waals surface area contributed by atoms with Gasteiger partial charge in [-0.05, 0) is 22.0 Å². The summed E-state index contributed by atoms with van der Waals surface area (Å²) in [5.74, 6) is 0.364. The van der Waals surface area contributed by atoms with E-state index >= 15 is 0 Å². The predicted molar refractivity (Wildman–Crippen MR) is 76.4 cm³/mol. The number of alkyl halides is 2. The van der Waals surface area contributed by atoms with E-state index in [4.69, 9.17) is 6.57 Å². The Bertz CT molecular complexity index is 846. The average molecular weight is 352 g/mol. The molecule has 0 aliphatic heterocycles. The molecule has 5 nitrogen and oxygen atoms in total. The lowest BCUT2D eigenvalue weighted by atomic mass is 10.2. The average Bonchev–Trinajstić information content (AvgIpc) is 3.01. The number of fused-ring (bicyclic) bond motifs is 1. The number of hydrogen-bond donors (Lipinski definition) is 0. The lowest BCUT2D eigenvalue weighted by molar-refractivity contribution is 0.127. The minimum atomic E-state index is -2.47. The van der Waals surface area contributed by atoms with Gasteiger partial charge in [-0.15, -0.1) is 0 Å². The highest BCUT2D eigenvalue weighted by Crippen LogP contribution is 2.29. The van der Waals surface area contributed by atoms with Crippen LogP contribution >= 0.6 is 15.9 Å². The van der Waals surface area contributed by atoms with Crippen LogP contribution in [-0.2, 0) is 6.54 Å². The van der Waals surface area contributed by atoms with Crippen molar-refractivity contribution in [1.29, 1.82) is 0 Å². The molecule has 0 N–H and O–H groups in total. The Hall–Kier alpha value is -2.27. The fourth-order valence-electron chi connectivity index (χ4n) is 2.12. The van der Waals surface area contributed by atoms with Crippen molar-refractivity contribution < 1.29 is 8.78 Å². The Morgan fingerprint density at radius 1 is 1.33 bits per heavy atom. The molecule has 8 heteroatoms. The Labute approximate surface area is 126 Å². The van der Waals surface area contributed by atoms with Crippen molar-refractivity contribution in [3.63, 3.8) is 0 Å². The van der Waals surface area contributed by atoms with E-state index in [0.29, 0.717) is 27.3 Å². The molecule has 0 aliphatic rings. The highest BCUT2D eigenvalue weighted by atomic mass is 79.9. The molecule has 21 heavy (non-hydrogen) atoms. The smallest absolute Gasteiger partial charge is 0.256 e. The van der Waals surface area contributed by atoms with Gasteiger partial charge in [0.2, 0.25) is 5.65 Å². The van der Waals surface area contributed by atoms with Gasteiger partial charge >= 0.3 is 0 Å². The van der Waals surface area contributed by atoms with Gasteiger partial charge in [0.25, 0.3) is 12.2 Å². The zero-order valence-electron chi connectivity index (χ0n) is 10.5. The first kappa shape index (κ1) is 13.7. The van der Waals surface area contributed by atoms with E-state index in [-0.39, 0.29) is 0 Å². The molecule has 0 spiro atoms. The second-order valence-corrected chi connectivity index (χ2v) is 5.05. The van der Waals surface area contributed by atoms with Crippen molar-refractivity contribution in [2.75, 3.05) is 0 Å². The first-order valence-electron chi connectivity index (χ1n) is 5.94. The molecular formula is C13H8BrF2N5. The summed E-state index contributed by atoms with van der Waals surface area (Å²) in [4.78, 5) is 11.5. The SMILES string of the molecule is [C-]#[N+]c1cnc2ccc(-c3c(Br)ncn3CC(F)F)cn12. The first-order valence-corrected chi connectivity index (χ1v) is 6.73. The molecular weight excluding hydrogens is 344 g/mol. The number of halogens is 3. The molecule has 0 atom stereocenters. The van der Waals surface area contributed by atoms with E-state index < -0.39 is 13.0 Å². The number of pyridine rings is 1. The molecule has 3 aromatic rings. The second-order valence-electron chi connectivity index (χ2n) is 4.30. The van der Waals surface area contributed by atoms with Gasteiger partial charge in [-0.25, -0.2) is 23.1 Å². The summed E-state index contributed by atoms with van der Waals surface area (Å²) in [6.07, 6.45) is 2.05. The third kappa shape index (κ3) is 2.40. The quantitative estimate of drug-likeness (QED) is 0.673. The number of hydrogen-bond acceptors (Lipinski definition) is 2. The number of nitrogens with zero attached hydrogens (tertiary/aromatic N) is 5. The zero-order chi connectivity index (χ0) is 15.0. The highest BCUT2D eigenvalue weighted by Gasteiger charge is 2.16. The molecule has 0 unspecified atom stereocenters. The van der Waals surface area contributed by atoms with Crippen molar-refractivity contribution in [3.05, 3.63) is 46.9 Å². The molecule has 3 heterocycles. The van der Waals surface area contributed by atoms with Crippen molar-refractivity contribution in [2.45, 2.75) is 13.0 Å². The Morgan fingerprint density at radius 3 is 2.86 bits per heavy atom. The van der Waals surface area contributed by atoms with Gasteiger partial charge < -0.3 is 9.41 Å². The molecule has 3 aromatic heterocycles. The Kier molecular flexibility index (Phi) is 3.43. The molecule has 0 saturated carbocycles. The van der Waals surface area contributed by atoms with E-state index in [0.717, 1.165) is 0 Å². The van der Waals surface area contributed by atoms with Crippen LogP contribution in [0.1, 0.15) is 0 Å². The van der Waals surface area contributed by atoms with Gasteiger partial charge in [-0.2, -0.15) is 0 Å². The monoisotopic (exact) mass is 351 g/mol. The Morgan fingerprint density at radius 2 is 2.14 bits per heavy atom. The first-order chi connectivity index (χ1) is 10.1. The van der Waals surface area contributed by atoms with E-state index in [2.05, 4.69) is 30.7 Å². The molecule has 0 aromatic carbocycles. The summed E-state index contributed by atoms with van der Waals surface area (Å²) in [6.45, 7) is 6.66. The van der Waals surface area contributed by atoms with Crippen LogP contribution in [0.5, 0.6) is 0 Å². The molecule has 0 aliphatic carbocycles. The predicted octanol–water partition coefficient (Wildman–Crippen LogP) is 3.78. The maximum absolute atomic E-state index is 12.6. The maximum atomic E-state index is 12.6. The van der Waals surface area contributed by atoms with Crippen molar-refractivity contribution in [1.82, 2.24) is 18.9 Å². The topological polar surface area (TPSA) is 39.5 Å². The normalized spacial score (nSPS) is 11.2.